The minimum absolute atomic E-state index is 0.420. The summed E-state index contributed by atoms with van der Waals surface area (Å²) >= 11 is 5.12. The van der Waals surface area contributed by atoms with Crippen LogP contribution < -0.4 is 15.8 Å². The molecule has 3 atom stereocenters. The molecule has 0 bridgehead atoms. The Morgan fingerprint density at radius 3 is 2.63 bits per heavy atom. The van der Waals surface area contributed by atoms with Crippen molar-refractivity contribution in [2.45, 2.75) is 32.7 Å². The Labute approximate surface area is 120 Å². The highest BCUT2D eigenvalue weighted by Gasteiger charge is 2.30. The van der Waals surface area contributed by atoms with E-state index in [1.807, 2.05) is 18.2 Å². The molecule has 0 aliphatic heterocycles. The molecule has 2 rings (SSSR count). The molecule has 19 heavy (non-hydrogen) atoms. The summed E-state index contributed by atoms with van der Waals surface area (Å²) in [5.74, 6) is 2.24. The predicted octanol–water partition coefficient (Wildman–Crippen LogP) is 3.18. The Morgan fingerprint density at radius 1 is 1.37 bits per heavy atom. The highest BCUT2D eigenvalue weighted by molar-refractivity contribution is 7.80. The standard InChI is InChI=1S/C15H22N2OS/c1-9-4-7-13(10(9)2)17-14-8-11(18-3)5-6-12(14)15(16)19/h5-6,8-10,13,17H,4,7H2,1-3H3,(H2,16,19). The van der Waals surface area contributed by atoms with Crippen molar-refractivity contribution in [2.24, 2.45) is 17.6 Å². The van der Waals surface area contributed by atoms with Gasteiger partial charge in [-0.3, -0.25) is 0 Å². The van der Waals surface area contributed by atoms with E-state index in [1.54, 1.807) is 7.11 Å². The molecule has 1 aromatic carbocycles. The van der Waals surface area contributed by atoms with Gasteiger partial charge in [0.25, 0.3) is 0 Å². The van der Waals surface area contributed by atoms with Crippen LogP contribution in [0.25, 0.3) is 0 Å². The molecule has 3 unspecified atom stereocenters. The Morgan fingerprint density at radius 2 is 2.11 bits per heavy atom. The van der Waals surface area contributed by atoms with Gasteiger partial charge in [-0.15, -0.1) is 0 Å². The average Bonchev–Trinajstić information content (AvgIpc) is 2.70. The zero-order valence-corrected chi connectivity index (χ0v) is 12.6. The molecule has 3 nitrogen and oxygen atoms in total. The number of benzene rings is 1. The summed E-state index contributed by atoms with van der Waals surface area (Å²) < 4.78 is 5.28. The van der Waals surface area contributed by atoms with Gasteiger partial charge in [-0.25, -0.2) is 0 Å². The fourth-order valence-corrected chi connectivity index (χ4v) is 2.93. The topological polar surface area (TPSA) is 47.3 Å². The number of hydrogen-bond donors (Lipinski definition) is 2. The van der Waals surface area contributed by atoms with Crippen molar-refractivity contribution in [1.82, 2.24) is 0 Å². The highest BCUT2D eigenvalue weighted by Crippen LogP contribution is 2.34. The quantitative estimate of drug-likeness (QED) is 0.831. The third-order valence-corrected chi connectivity index (χ3v) is 4.52. The molecule has 4 heteroatoms. The van der Waals surface area contributed by atoms with E-state index < -0.39 is 0 Å². The van der Waals surface area contributed by atoms with Crippen LogP contribution in [0, 0.1) is 11.8 Å². The first-order valence-corrected chi connectivity index (χ1v) is 7.18. The largest absolute Gasteiger partial charge is 0.497 e. The van der Waals surface area contributed by atoms with Crippen LogP contribution in [-0.2, 0) is 0 Å². The van der Waals surface area contributed by atoms with Gasteiger partial charge in [-0.2, -0.15) is 0 Å². The zero-order chi connectivity index (χ0) is 14.0. The second-order valence-electron chi connectivity index (χ2n) is 5.44. The second-order valence-corrected chi connectivity index (χ2v) is 5.88. The molecule has 1 aliphatic rings. The van der Waals surface area contributed by atoms with Crippen LogP contribution in [0.5, 0.6) is 5.75 Å². The number of rotatable bonds is 4. The lowest BCUT2D eigenvalue weighted by Crippen LogP contribution is -2.25. The summed E-state index contributed by atoms with van der Waals surface area (Å²) in [6, 6.07) is 6.27. The number of anilines is 1. The van der Waals surface area contributed by atoms with Gasteiger partial charge in [0.1, 0.15) is 10.7 Å². The number of nitrogens with one attached hydrogen (secondary N) is 1. The number of methoxy groups -OCH3 is 1. The Balaban J connectivity index is 2.25. The normalized spacial score (nSPS) is 26.2. The fraction of sp³-hybridized carbons (Fsp3) is 0.533. The van der Waals surface area contributed by atoms with Crippen molar-refractivity contribution in [3.63, 3.8) is 0 Å². The minimum atomic E-state index is 0.420. The van der Waals surface area contributed by atoms with E-state index in [1.165, 1.54) is 12.8 Å². The minimum Gasteiger partial charge on any atom is -0.497 e. The molecule has 0 saturated heterocycles. The molecule has 0 heterocycles. The van der Waals surface area contributed by atoms with E-state index >= 15 is 0 Å². The van der Waals surface area contributed by atoms with Gasteiger partial charge < -0.3 is 15.8 Å². The summed E-state index contributed by atoms with van der Waals surface area (Å²) in [6.45, 7) is 4.61. The maximum absolute atomic E-state index is 5.79. The molecule has 0 radical (unpaired) electrons. The van der Waals surface area contributed by atoms with Gasteiger partial charge in [0.15, 0.2) is 0 Å². The molecular formula is C15H22N2OS. The van der Waals surface area contributed by atoms with Crippen molar-refractivity contribution >= 4 is 22.9 Å². The number of ether oxygens (including phenoxy) is 1. The van der Waals surface area contributed by atoms with Crippen LogP contribution in [0.2, 0.25) is 0 Å². The molecule has 0 aromatic heterocycles. The number of nitrogens with two attached hydrogens (primary N) is 1. The Kier molecular flexibility index (Phi) is 4.30. The van der Waals surface area contributed by atoms with E-state index in [9.17, 15) is 0 Å². The van der Waals surface area contributed by atoms with Crippen LogP contribution in [-0.4, -0.2) is 18.1 Å². The van der Waals surface area contributed by atoms with Crippen molar-refractivity contribution in [3.8, 4) is 5.75 Å². The SMILES string of the molecule is COc1ccc(C(N)=S)c(NC2CCC(C)C2C)c1. The average molecular weight is 278 g/mol. The third-order valence-electron chi connectivity index (χ3n) is 4.30. The van der Waals surface area contributed by atoms with Crippen LogP contribution in [0.1, 0.15) is 32.3 Å². The molecule has 1 aromatic rings. The summed E-state index contributed by atoms with van der Waals surface area (Å²) in [5.41, 5.74) is 7.67. The smallest absolute Gasteiger partial charge is 0.120 e. The molecule has 3 N–H and O–H groups in total. The summed E-state index contributed by atoms with van der Waals surface area (Å²) in [7, 11) is 1.67. The molecule has 0 spiro atoms. The lowest BCUT2D eigenvalue weighted by atomic mass is 9.97. The molecule has 1 saturated carbocycles. The van der Waals surface area contributed by atoms with Gasteiger partial charge in [-0.05, 0) is 36.8 Å². The van der Waals surface area contributed by atoms with Crippen LogP contribution in [0.15, 0.2) is 18.2 Å². The first-order valence-electron chi connectivity index (χ1n) is 6.77. The highest BCUT2D eigenvalue weighted by atomic mass is 32.1. The van der Waals surface area contributed by atoms with Gasteiger partial charge in [-0.1, -0.05) is 26.1 Å². The third kappa shape index (κ3) is 3.00. The summed E-state index contributed by atoms with van der Waals surface area (Å²) in [5, 5.41) is 3.60. The second kappa shape index (κ2) is 5.78. The maximum atomic E-state index is 5.79. The molecule has 0 amide bonds. The lowest BCUT2D eigenvalue weighted by molar-refractivity contribution is 0.414. The first kappa shape index (κ1) is 14.1. The number of thiocarbonyl (C=S) groups is 1. The van der Waals surface area contributed by atoms with E-state index in [2.05, 4.69) is 19.2 Å². The van der Waals surface area contributed by atoms with Gasteiger partial charge >= 0.3 is 0 Å². The first-order chi connectivity index (χ1) is 9.02. The van der Waals surface area contributed by atoms with Crippen LogP contribution in [0.4, 0.5) is 5.69 Å². The Hall–Kier alpha value is -1.29. The molecular weight excluding hydrogens is 256 g/mol. The van der Waals surface area contributed by atoms with Crippen molar-refractivity contribution in [2.75, 3.05) is 12.4 Å². The van der Waals surface area contributed by atoms with Crippen LogP contribution in [0.3, 0.4) is 0 Å². The summed E-state index contributed by atoms with van der Waals surface area (Å²) in [6.07, 6.45) is 2.46. The molecule has 1 fully saturated rings. The lowest BCUT2D eigenvalue weighted by Gasteiger charge is -2.22. The maximum Gasteiger partial charge on any atom is 0.120 e. The monoisotopic (exact) mass is 278 g/mol. The van der Waals surface area contributed by atoms with Gasteiger partial charge in [0, 0.05) is 23.4 Å². The number of hydrogen-bond acceptors (Lipinski definition) is 3. The van der Waals surface area contributed by atoms with Crippen molar-refractivity contribution in [1.29, 1.82) is 0 Å². The van der Waals surface area contributed by atoms with Crippen molar-refractivity contribution < 1.29 is 4.74 Å². The van der Waals surface area contributed by atoms with E-state index in [0.29, 0.717) is 16.9 Å². The molecule has 104 valence electrons. The van der Waals surface area contributed by atoms with Gasteiger partial charge in [0.05, 0.1) is 7.11 Å². The summed E-state index contributed by atoms with van der Waals surface area (Å²) in [4.78, 5) is 0.420. The van der Waals surface area contributed by atoms with E-state index in [-0.39, 0.29) is 0 Å². The Bertz CT molecular complexity index is 475. The van der Waals surface area contributed by atoms with Crippen molar-refractivity contribution in [3.05, 3.63) is 23.8 Å². The van der Waals surface area contributed by atoms with E-state index in [0.717, 1.165) is 22.9 Å². The predicted molar refractivity (Wildman–Crippen MR) is 83.9 cm³/mol. The van der Waals surface area contributed by atoms with Crippen LogP contribution >= 0.6 is 12.2 Å². The fourth-order valence-electron chi connectivity index (χ4n) is 2.75. The molecule has 1 aliphatic carbocycles. The zero-order valence-electron chi connectivity index (χ0n) is 11.8. The van der Waals surface area contributed by atoms with E-state index in [4.69, 9.17) is 22.7 Å². The van der Waals surface area contributed by atoms with Gasteiger partial charge in [0.2, 0.25) is 0 Å².